The van der Waals surface area contributed by atoms with Crippen molar-refractivity contribution >= 4 is 12.3 Å². The molecular weight excluding hydrogens is 392 g/mol. The normalized spacial score (nSPS) is 15.4. The molecule has 1 unspecified atom stereocenters. The zero-order chi connectivity index (χ0) is 22.5. The summed E-state index contributed by atoms with van der Waals surface area (Å²) >= 11 is 0. The molecule has 2 amide bonds. The topological polar surface area (TPSA) is 92.2 Å². The van der Waals surface area contributed by atoms with Gasteiger partial charge in [0.15, 0.2) is 0 Å². The van der Waals surface area contributed by atoms with E-state index in [9.17, 15) is 14.4 Å². The molecule has 0 spiro atoms. The van der Waals surface area contributed by atoms with Crippen molar-refractivity contribution in [1.29, 1.82) is 0 Å². The highest BCUT2D eigenvalue weighted by molar-refractivity contribution is 5.93. The van der Waals surface area contributed by atoms with E-state index in [-0.39, 0.29) is 17.0 Å². The number of amides is 2. The van der Waals surface area contributed by atoms with Crippen LogP contribution in [0.25, 0.3) is 0 Å². The number of nitrogens with one attached hydrogen (secondary N) is 3. The fourth-order valence-corrected chi connectivity index (χ4v) is 3.70. The molecule has 1 aliphatic rings. The molecule has 168 valence electrons. The summed E-state index contributed by atoms with van der Waals surface area (Å²) in [6, 6.07) is 11.3. The molecular formula is C24H34N4O3. The van der Waals surface area contributed by atoms with Crippen molar-refractivity contribution in [2.75, 3.05) is 26.7 Å². The van der Waals surface area contributed by atoms with Crippen LogP contribution in [0.15, 0.2) is 47.4 Å². The van der Waals surface area contributed by atoms with Gasteiger partial charge in [0.05, 0.1) is 6.54 Å². The predicted octanol–water partition coefficient (Wildman–Crippen LogP) is 2.08. The van der Waals surface area contributed by atoms with Crippen molar-refractivity contribution in [3.8, 4) is 0 Å². The summed E-state index contributed by atoms with van der Waals surface area (Å²) in [5.74, 6) is 0.489. The summed E-state index contributed by atoms with van der Waals surface area (Å²) in [4.78, 5) is 33.8. The maximum absolute atomic E-state index is 12.2. The average Bonchev–Trinajstić information content (AvgIpc) is 2.80. The number of benzene rings is 1. The minimum atomic E-state index is -0.351. The number of pyridine rings is 1. The first-order valence-electron chi connectivity index (χ1n) is 10.9. The Kier molecular flexibility index (Phi) is 10.5. The number of aryl methyl sites for hydroxylation is 1. The third-order valence-corrected chi connectivity index (χ3v) is 5.31. The lowest BCUT2D eigenvalue weighted by atomic mass is 9.95. The van der Waals surface area contributed by atoms with Crippen LogP contribution < -0.4 is 21.5 Å². The second-order valence-corrected chi connectivity index (χ2v) is 7.86. The SMILES string of the molecule is CNC(=O)c1cc(C)cn(Cc2ccccc2)c1=O.O=CNCCCC1CCCNC1. The molecule has 3 N–H and O–H groups in total. The van der Waals surface area contributed by atoms with Crippen LogP contribution in [0.5, 0.6) is 0 Å². The molecule has 0 bridgehead atoms. The van der Waals surface area contributed by atoms with Gasteiger partial charge in [-0.3, -0.25) is 14.4 Å². The van der Waals surface area contributed by atoms with Crippen LogP contribution >= 0.6 is 0 Å². The van der Waals surface area contributed by atoms with Crippen LogP contribution in [0.4, 0.5) is 0 Å². The minimum Gasteiger partial charge on any atom is -0.359 e. The van der Waals surface area contributed by atoms with Gasteiger partial charge in [-0.2, -0.15) is 0 Å². The quantitative estimate of drug-likeness (QED) is 0.445. The van der Waals surface area contributed by atoms with Gasteiger partial charge < -0.3 is 20.5 Å². The molecule has 1 aromatic carbocycles. The fourth-order valence-electron chi connectivity index (χ4n) is 3.70. The van der Waals surface area contributed by atoms with E-state index in [1.165, 1.54) is 39.4 Å². The summed E-state index contributed by atoms with van der Waals surface area (Å²) < 4.78 is 1.56. The minimum absolute atomic E-state index is 0.179. The van der Waals surface area contributed by atoms with Gasteiger partial charge in [0.1, 0.15) is 5.56 Å². The molecule has 1 atom stereocenters. The van der Waals surface area contributed by atoms with E-state index >= 15 is 0 Å². The molecule has 7 nitrogen and oxygen atoms in total. The molecule has 1 aliphatic heterocycles. The van der Waals surface area contributed by atoms with Crippen molar-refractivity contribution in [2.45, 2.75) is 39.2 Å². The first kappa shape index (κ1) is 24.3. The lowest BCUT2D eigenvalue weighted by Gasteiger charge is -2.22. The number of hydrogen-bond acceptors (Lipinski definition) is 4. The van der Waals surface area contributed by atoms with Gasteiger partial charge in [-0.05, 0) is 68.8 Å². The number of nitrogens with zero attached hydrogens (tertiary/aromatic N) is 1. The molecule has 7 heteroatoms. The Balaban J connectivity index is 0.000000245. The summed E-state index contributed by atoms with van der Waals surface area (Å²) in [6.45, 7) is 5.52. The second-order valence-electron chi connectivity index (χ2n) is 7.86. The maximum Gasteiger partial charge on any atom is 0.263 e. The average molecular weight is 427 g/mol. The highest BCUT2D eigenvalue weighted by atomic mass is 16.2. The molecule has 31 heavy (non-hydrogen) atoms. The molecule has 2 aromatic rings. The molecule has 3 rings (SSSR count). The second kappa shape index (κ2) is 13.4. The van der Waals surface area contributed by atoms with E-state index in [1.807, 2.05) is 37.3 Å². The van der Waals surface area contributed by atoms with Gasteiger partial charge in [0.25, 0.3) is 11.5 Å². The molecule has 0 aliphatic carbocycles. The number of aromatic nitrogens is 1. The molecule has 1 aromatic heterocycles. The molecule has 2 heterocycles. The number of hydrogen-bond donors (Lipinski definition) is 3. The van der Waals surface area contributed by atoms with Gasteiger partial charge in [-0.25, -0.2) is 0 Å². The number of carbonyl (C=O) groups is 2. The number of carbonyl (C=O) groups excluding carboxylic acids is 2. The third kappa shape index (κ3) is 8.38. The van der Waals surface area contributed by atoms with Crippen molar-refractivity contribution in [2.24, 2.45) is 5.92 Å². The highest BCUT2D eigenvalue weighted by Gasteiger charge is 2.12. The van der Waals surface area contributed by atoms with E-state index in [0.717, 1.165) is 36.4 Å². The maximum atomic E-state index is 12.2. The van der Waals surface area contributed by atoms with Crippen molar-refractivity contribution in [3.63, 3.8) is 0 Å². The third-order valence-electron chi connectivity index (χ3n) is 5.31. The van der Waals surface area contributed by atoms with Crippen LogP contribution in [0.2, 0.25) is 0 Å². The summed E-state index contributed by atoms with van der Waals surface area (Å²) in [7, 11) is 1.52. The first-order valence-corrected chi connectivity index (χ1v) is 10.9. The van der Waals surface area contributed by atoms with Crippen molar-refractivity contribution in [1.82, 2.24) is 20.5 Å². The van der Waals surface area contributed by atoms with E-state index in [0.29, 0.717) is 6.54 Å². The van der Waals surface area contributed by atoms with Gasteiger partial charge in [-0.15, -0.1) is 0 Å². The summed E-state index contributed by atoms with van der Waals surface area (Å²) in [5.41, 5.74) is 1.82. The van der Waals surface area contributed by atoms with Gasteiger partial charge in [0.2, 0.25) is 6.41 Å². The lowest BCUT2D eigenvalue weighted by Crippen LogP contribution is -2.31. The summed E-state index contributed by atoms with van der Waals surface area (Å²) in [5, 5.41) is 8.56. The number of rotatable bonds is 8. The molecule has 1 saturated heterocycles. The van der Waals surface area contributed by atoms with Crippen LogP contribution in [-0.2, 0) is 11.3 Å². The van der Waals surface area contributed by atoms with Crippen LogP contribution in [0, 0.1) is 12.8 Å². The standard InChI is InChI=1S/C15H16N2O2.C9H18N2O/c1-11-8-13(14(18)16-2)15(19)17(9-11)10-12-6-4-3-5-7-12;12-8-11-6-2-4-9-3-1-5-10-7-9/h3-9H,10H2,1-2H3,(H,16,18);8-10H,1-7H2,(H,11,12). The van der Waals surface area contributed by atoms with Gasteiger partial charge >= 0.3 is 0 Å². The van der Waals surface area contributed by atoms with Crippen LogP contribution in [-0.4, -0.2) is 43.6 Å². The molecule has 0 saturated carbocycles. The first-order chi connectivity index (χ1) is 15.0. The van der Waals surface area contributed by atoms with Crippen molar-refractivity contribution < 1.29 is 9.59 Å². The Bertz CT molecular complexity index is 874. The van der Waals surface area contributed by atoms with Crippen LogP contribution in [0.3, 0.4) is 0 Å². The fraction of sp³-hybridized carbons (Fsp3) is 0.458. The Labute approximate surface area is 184 Å². The Morgan fingerprint density at radius 2 is 2.06 bits per heavy atom. The Morgan fingerprint density at radius 3 is 2.71 bits per heavy atom. The smallest absolute Gasteiger partial charge is 0.263 e. The Morgan fingerprint density at radius 1 is 1.29 bits per heavy atom. The van der Waals surface area contributed by atoms with Gasteiger partial charge in [0, 0.05) is 19.8 Å². The molecule has 1 fully saturated rings. The summed E-state index contributed by atoms with van der Waals surface area (Å²) in [6.07, 6.45) is 7.57. The van der Waals surface area contributed by atoms with E-state index in [1.54, 1.807) is 16.8 Å². The number of piperidine rings is 1. The lowest BCUT2D eigenvalue weighted by molar-refractivity contribution is -0.109. The van der Waals surface area contributed by atoms with Gasteiger partial charge in [-0.1, -0.05) is 30.3 Å². The molecule has 0 radical (unpaired) electrons. The zero-order valence-corrected chi connectivity index (χ0v) is 18.5. The highest BCUT2D eigenvalue weighted by Crippen LogP contribution is 2.15. The van der Waals surface area contributed by atoms with E-state index in [4.69, 9.17) is 0 Å². The van der Waals surface area contributed by atoms with E-state index < -0.39 is 0 Å². The zero-order valence-electron chi connectivity index (χ0n) is 18.5. The van der Waals surface area contributed by atoms with E-state index in [2.05, 4.69) is 16.0 Å². The monoisotopic (exact) mass is 426 g/mol. The predicted molar refractivity (Wildman–Crippen MR) is 123 cm³/mol. The van der Waals surface area contributed by atoms with Crippen LogP contribution in [0.1, 0.15) is 47.2 Å². The van der Waals surface area contributed by atoms with Crippen molar-refractivity contribution in [3.05, 3.63) is 69.6 Å². The largest absolute Gasteiger partial charge is 0.359 e. The Hall–Kier alpha value is -2.93.